The molecule has 0 radical (unpaired) electrons. The van der Waals surface area contributed by atoms with Gasteiger partial charge in [-0.2, -0.15) is 0 Å². The molecule has 0 bridgehead atoms. The van der Waals surface area contributed by atoms with Crippen LogP contribution in [0.4, 0.5) is 4.79 Å². The fourth-order valence-electron chi connectivity index (χ4n) is 7.66. The molecule has 0 aliphatic carbocycles. The summed E-state index contributed by atoms with van der Waals surface area (Å²) in [6.45, 7) is 11.8. The Kier molecular flexibility index (Phi) is 17.9. The molecule has 2 aromatic rings. The molecule has 16 nitrogen and oxygen atoms in total. The van der Waals surface area contributed by atoms with Crippen molar-refractivity contribution in [2.45, 2.75) is 122 Å². The van der Waals surface area contributed by atoms with Crippen LogP contribution >= 0.6 is 0 Å². The molecule has 2 aromatic carbocycles. The first-order chi connectivity index (χ1) is 28.5. The summed E-state index contributed by atoms with van der Waals surface area (Å²) >= 11 is 0. The van der Waals surface area contributed by atoms with E-state index in [4.69, 9.17) is 10.5 Å². The number of aliphatic carboxylic acids is 1. The standard InChI is InChI=1S/C44H66N8O8/c1-7-29(2)37(49-38(53)32(45)27-30-15-10-8-11-16-30)39(54)47-33(20-21-36(51-25-22-46-23-26-51)48-43(59)60-44(3,4)5)40(55)50(6)35(28-31-17-12-9-13-18-31)41(56)52-24-14-19-34(52)42(57)58/h8-13,15-18,29,32-37,46H,7,14,19-28,45H2,1-6H3,(H,47,54)(H,48,59)(H,49,53)(H,57,58)/t29-,32+,33-,34-,35+,36?,37-/m0/s1. The number of nitrogens with one attached hydrogen (secondary N) is 4. The lowest BCUT2D eigenvalue weighted by Gasteiger charge is -2.37. The Labute approximate surface area is 354 Å². The number of hydrogen-bond acceptors (Lipinski definition) is 10. The third-order valence-electron chi connectivity index (χ3n) is 11.2. The van der Waals surface area contributed by atoms with Gasteiger partial charge >= 0.3 is 12.1 Å². The molecule has 0 saturated carbocycles. The summed E-state index contributed by atoms with van der Waals surface area (Å²) in [5, 5.41) is 22.0. The van der Waals surface area contributed by atoms with E-state index in [2.05, 4.69) is 26.2 Å². The van der Waals surface area contributed by atoms with Crippen molar-refractivity contribution in [2.24, 2.45) is 11.7 Å². The predicted molar refractivity (Wildman–Crippen MR) is 227 cm³/mol. The Bertz CT molecular complexity index is 1740. The number of nitrogens with two attached hydrogens (primary N) is 1. The molecule has 16 heteroatoms. The van der Waals surface area contributed by atoms with Crippen LogP contribution in [0.5, 0.6) is 0 Å². The number of amides is 5. The van der Waals surface area contributed by atoms with Gasteiger partial charge in [0.1, 0.15) is 29.8 Å². The zero-order chi connectivity index (χ0) is 44.0. The Morgan fingerprint density at radius 1 is 0.883 bits per heavy atom. The van der Waals surface area contributed by atoms with Crippen LogP contribution in [0.2, 0.25) is 0 Å². The molecule has 7 atom stereocenters. The van der Waals surface area contributed by atoms with E-state index in [0.717, 1.165) is 11.1 Å². The van der Waals surface area contributed by atoms with E-state index in [0.29, 0.717) is 45.4 Å². The fourth-order valence-corrected chi connectivity index (χ4v) is 7.66. The molecule has 330 valence electrons. The van der Waals surface area contributed by atoms with E-state index in [1.807, 2.05) is 74.5 Å². The van der Waals surface area contributed by atoms with Crippen LogP contribution in [-0.2, 0) is 41.6 Å². The van der Waals surface area contributed by atoms with Gasteiger partial charge in [-0.15, -0.1) is 0 Å². The number of likely N-dealkylation sites (tertiary alicyclic amines) is 1. The van der Waals surface area contributed by atoms with Crippen LogP contribution in [-0.4, -0.2) is 137 Å². The molecule has 1 unspecified atom stereocenters. The minimum absolute atomic E-state index is 0.0295. The molecular weight excluding hydrogens is 769 g/mol. The van der Waals surface area contributed by atoms with E-state index in [1.165, 1.54) is 16.8 Å². The number of rotatable bonds is 19. The first-order valence-corrected chi connectivity index (χ1v) is 21.2. The van der Waals surface area contributed by atoms with Crippen molar-refractivity contribution in [2.75, 3.05) is 39.8 Å². The Hall–Kier alpha value is -5.06. The monoisotopic (exact) mass is 835 g/mol. The van der Waals surface area contributed by atoms with Crippen molar-refractivity contribution in [3.63, 3.8) is 0 Å². The van der Waals surface area contributed by atoms with E-state index in [1.54, 1.807) is 20.8 Å². The van der Waals surface area contributed by atoms with Crippen LogP contribution in [0, 0.1) is 5.92 Å². The maximum absolute atomic E-state index is 14.9. The lowest BCUT2D eigenvalue weighted by molar-refractivity contribution is -0.153. The normalized spacial score (nSPS) is 18.9. The van der Waals surface area contributed by atoms with Crippen molar-refractivity contribution < 1.29 is 38.6 Å². The summed E-state index contributed by atoms with van der Waals surface area (Å²) in [7, 11) is 1.49. The van der Waals surface area contributed by atoms with Gasteiger partial charge in [0.25, 0.3) is 0 Å². The highest BCUT2D eigenvalue weighted by Gasteiger charge is 2.41. The second-order valence-electron chi connectivity index (χ2n) is 16.9. The van der Waals surface area contributed by atoms with Gasteiger partial charge in [0.2, 0.25) is 23.6 Å². The molecule has 7 N–H and O–H groups in total. The minimum atomic E-state index is -1.23. The van der Waals surface area contributed by atoms with Crippen molar-refractivity contribution >= 4 is 35.7 Å². The molecule has 2 saturated heterocycles. The number of piperazine rings is 1. The summed E-state index contributed by atoms with van der Waals surface area (Å²) in [5.41, 5.74) is 7.19. The highest BCUT2D eigenvalue weighted by atomic mass is 16.6. The number of nitrogens with zero attached hydrogens (tertiary/aromatic N) is 3. The number of carbonyl (C=O) groups is 6. The van der Waals surface area contributed by atoms with Crippen molar-refractivity contribution in [3.8, 4) is 0 Å². The average Bonchev–Trinajstić information content (AvgIpc) is 3.73. The Balaban J connectivity index is 1.67. The van der Waals surface area contributed by atoms with Crippen LogP contribution in [0.1, 0.15) is 77.8 Å². The van der Waals surface area contributed by atoms with Gasteiger partial charge < -0.3 is 46.6 Å². The largest absolute Gasteiger partial charge is 0.480 e. The van der Waals surface area contributed by atoms with Gasteiger partial charge in [0.15, 0.2) is 0 Å². The molecule has 2 aliphatic heterocycles. The predicted octanol–water partition coefficient (Wildman–Crippen LogP) is 2.25. The first kappa shape index (κ1) is 47.6. The SMILES string of the molecule is CC[C@H](C)[C@H](NC(=O)[C@H](N)Cc1ccccc1)C(=O)N[C@@H](CCC(NC(=O)OC(C)(C)C)N1CCNCC1)C(=O)N(C)[C@H](Cc1ccccc1)C(=O)N1CCC[C@H]1C(=O)O. The summed E-state index contributed by atoms with van der Waals surface area (Å²) in [6, 6.07) is 13.1. The van der Waals surface area contributed by atoms with Crippen LogP contribution in [0.15, 0.2) is 60.7 Å². The lowest BCUT2D eigenvalue weighted by atomic mass is 9.96. The summed E-state index contributed by atoms with van der Waals surface area (Å²) in [4.78, 5) is 87.2. The molecule has 60 heavy (non-hydrogen) atoms. The van der Waals surface area contributed by atoms with Gasteiger partial charge in [0, 0.05) is 46.2 Å². The van der Waals surface area contributed by atoms with E-state index >= 15 is 0 Å². The molecule has 0 aromatic heterocycles. The molecule has 2 heterocycles. The number of hydrogen-bond donors (Lipinski definition) is 6. The number of benzene rings is 2. The van der Waals surface area contributed by atoms with Gasteiger partial charge in [-0.05, 0) is 69.9 Å². The zero-order valence-electron chi connectivity index (χ0n) is 36.0. The zero-order valence-corrected chi connectivity index (χ0v) is 36.0. The van der Waals surface area contributed by atoms with Crippen molar-refractivity contribution in [1.82, 2.24) is 36.0 Å². The second-order valence-corrected chi connectivity index (χ2v) is 16.9. The molecule has 4 rings (SSSR count). The van der Waals surface area contributed by atoms with Crippen molar-refractivity contribution in [3.05, 3.63) is 71.8 Å². The molecule has 5 amide bonds. The van der Waals surface area contributed by atoms with E-state index in [-0.39, 0.29) is 38.1 Å². The van der Waals surface area contributed by atoms with Crippen LogP contribution in [0.3, 0.4) is 0 Å². The second kappa shape index (κ2) is 22.5. The van der Waals surface area contributed by atoms with Crippen LogP contribution in [0.25, 0.3) is 0 Å². The van der Waals surface area contributed by atoms with Gasteiger partial charge in [-0.3, -0.25) is 24.1 Å². The summed E-state index contributed by atoms with van der Waals surface area (Å²) in [5.74, 6) is -3.69. The number of alkyl carbamates (subject to hydrolysis) is 1. The third-order valence-corrected chi connectivity index (χ3v) is 11.2. The number of carboxylic acids is 1. The highest BCUT2D eigenvalue weighted by Crippen LogP contribution is 2.23. The van der Waals surface area contributed by atoms with Crippen LogP contribution < -0.4 is 27.0 Å². The number of carbonyl (C=O) groups excluding carboxylic acids is 5. The number of carboxylic acid groups (broad SMARTS) is 1. The van der Waals surface area contributed by atoms with E-state index in [9.17, 15) is 33.9 Å². The number of ether oxygens (including phenoxy) is 1. The molecule has 0 spiro atoms. The molecular formula is C44H66N8O8. The smallest absolute Gasteiger partial charge is 0.408 e. The topological polar surface area (TPSA) is 216 Å². The maximum atomic E-state index is 14.9. The lowest BCUT2D eigenvalue weighted by Crippen LogP contribution is -2.61. The fraction of sp³-hybridized carbons (Fsp3) is 0.591. The highest BCUT2D eigenvalue weighted by molar-refractivity contribution is 5.95. The average molecular weight is 835 g/mol. The van der Waals surface area contributed by atoms with Gasteiger partial charge in [-0.1, -0.05) is 80.9 Å². The summed E-state index contributed by atoms with van der Waals surface area (Å²) < 4.78 is 5.60. The quantitative estimate of drug-likeness (QED) is 0.121. The first-order valence-electron chi connectivity index (χ1n) is 21.2. The maximum Gasteiger partial charge on any atom is 0.408 e. The van der Waals surface area contributed by atoms with Gasteiger partial charge in [0.05, 0.1) is 12.2 Å². The van der Waals surface area contributed by atoms with Crippen molar-refractivity contribution in [1.29, 1.82) is 0 Å². The molecule has 2 fully saturated rings. The third kappa shape index (κ3) is 14.0. The Morgan fingerprint density at radius 3 is 2.05 bits per heavy atom. The minimum Gasteiger partial charge on any atom is -0.480 e. The van der Waals surface area contributed by atoms with E-state index < -0.39 is 77.7 Å². The number of likely N-dealkylation sites (N-methyl/N-ethyl adjacent to an activating group) is 1. The van der Waals surface area contributed by atoms with Gasteiger partial charge in [-0.25, -0.2) is 9.59 Å². The Morgan fingerprint density at radius 2 is 1.48 bits per heavy atom. The summed E-state index contributed by atoms with van der Waals surface area (Å²) in [6.07, 6.45) is 0.694. The molecule has 2 aliphatic rings.